The van der Waals surface area contributed by atoms with Crippen LogP contribution in [0.25, 0.3) is 10.9 Å². The van der Waals surface area contributed by atoms with Crippen molar-refractivity contribution in [3.05, 3.63) is 36.0 Å². The van der Waals surface area contributed by atoms with E-state index >= 15 is 0 Å². The second-order valence-electron chi connectivity index (χ2n) is 5.21. The fourth-order valence-electron chi connectivity index (χ4n) is 1.68. The Bertz CT molecular complexity index is 583. The summed E-state index contributed by atoms with van der Waals surface area (Å²) in [6.45, 7) is 6.51. The van der Waals surface area contributed by atoms with E-state index in [1.54, 1.807) is 0 Å². The van der Waals surface area contributed by atoms with Crippen molar-refractivity contribution in [1.82, 2.24) is 4.98 Å². The van der Waals surface area contributed by atoms with E-state index in [1.165, 1.54) is 0 Å². The average molecular weight is 243 g/mol. The highest BCUT2D eigenvalue weighted by atomic mass is 28.3. The lowest BCUT2D eigenvalue weighted by Crippen LogP contribution is -2.16. The number of aromatic amines is 1. The molecule has 1 aromatic heterocycles. The molecule has 3 heteroatoms. The Kier molecular flexibility index (Phi) is 3.10. The molecular weight excluding hydrogens is 226 g/mol. The Morgan fingerprint density at radius 2 is 1.94 bits per heavy atom. The maximum absolute atomic E-state index is 10.1. The van der Waals surface area contributed by atoms with E-state index in [0.717, 1.165) is 16.5 Å². The molecule has 0 bridgehead atoms. The van der Waals surface area contributed by atoms with Crippen LogP contribution >= 0.6 is 0 Å². The number of para-hydroxylation sites is 1. The Morgan fingerprint density at radius 1 is 1.24 bits per heavy atom. The first kappa shape index (κ1) is 12.0. The van der Waals surface area contributed by atoms with E-state index in [1.807, 2.05) is 30.5 Å². The summed E-state index contributed by atoms with van der Waals surface area (Å²) in [5.41, 5.74) is 5.10. The summed E-state index contributed by atoms with van der Waals surface area (Å²) >= 11 is 0. The number of nitrogens with one attached hydrogen (secondary N) is 1. The van der Waals surface area contributed by atoms with Crippen molar-refractivity contribution >= 4 is 19.0 Å². The van der Waals surface area contributed by atoms with Crippen LogP contribution in [0.3, 0.4) is 0 Å². The third-order valence-electron chi connectivity index (χ3n) is 2.50. The first-order chi connectivity index (χ1) is 7.97. The predicted molar refractivity (Wildman–Crippen MR) is 74.4 cm³/mol. The van der Waals surface area contributed by atoms with Crippen LogP contribution in [-0.2, 0) is 0 Å². The summed E-state index contributed by atoms with van der Waals surface area (Å²) in [5, 5.41) is 11.1. The van der Waals surface area contributed by atoms with Crippen molar-refractivity contribution in [1.29, 1.82) is 0 Å². The number of aliphatic hydroxyl groups excluding tert-OH is 1. The highest BCUT2D eigenvalue weighted by Gasteiger charge is 2.12. The maximum Gasteiger partial charge on any atom is 0.141 e. The van der Waals surface area contributed by atoms with Crippen LogP contribution < -0.4 is 0 Å². The molecule has 2 nitrogen and oxygen atoms in total. The number of rotatable bonds is 1. The lowest BCUT2D eigenvalue weighted by Gasteiger charge is -2.06. The van der Waals surface area contributed by atoms with Gasteiger partial charge in [-0.3, -0.25) is 0 Å². The van der Waals surface area contributed by atoms with Gasteiger partial charge in [0.25, 0.3) is 0 Å². The summed E-state index contributed by atoms with van der Waals surface area (Å²) < 4.78 is 0. The van der Waals surface area contributed by atoms with Crippen LogP contribution in [0.4, 0.5) is 0 Å². The van der Waals surface area contributed by atoms with E-state index in [9.17, 15) is 5.11 Å². The molecule has 1 unspecified atom stereocenters. The standard InChI is InChI=1S/C14H17NOSi/c1-17(2,3)9-8-14(16)12-10-15-13-7-5-4-6-11(12)13/h4-7,10,14-16H,1-3H3. The van der Waals surface area contributed by atoms with E-state index < -0.39 is 14.2 Å². The molecule has 1 atom stereocenters. The van der Waals surface area contributed by atoms with Crippen molar-refractivity contribution in [3.63, 3.8) is 0 Å². The van der Waals surface area contributed by atoms with Gasteiger partial charge in [-0.1, -0.05) is 43.8 Å². The summed E-state index contributed by atoms with van der Waals surface area (Å²) in [6, 6.07) is 7.94. The van der Waals surface area contributed by atoms with Gasteiger partial charge in [0.15, 0.2) is 0 Å². The van der Waals surface area contributed by atoms with Gasteiger partial charge in [0.1, 0.15) is 14.2 Å². The fourth-order valence-corrected chi connectivity index (χ4v) is 2.25. The van der Waals surface area contributed by atoms with Crippen LogP contribution in [0, 0.1) is 11.5 Å². The van der Waals surface area contributed by atoms with E-state index in [4.69, 9.17) is 0 Å². The van der Waals surface area contributed by atoms with Gasteiger partial charge in [-0.25, -0.2) is 0 Å². The molecule has 2 aromatic rings. The van der Waals surface area contributed by atoms with Gasteiger partial charge in [0.05, 0.1) is 0 Å². The fraction of sp³-hybridized carbons (Fsp3) is 0.286. The van der Waals surface area contributed by atoms with Crippen molar-refractivity contribution in [3.8, 4) is 11.5 Å². The number of aromatic nitrogens is 1. The Morgan fingerprint density at radius 3 is 2.65 bits per heavy atom. The molecule has 0 aliphatic rings. The molecule has 0 radical (unpaired) electrons. The number of hydrogen-bond acceptors (Lipinski definition) is 1. The largest absolute Gasteiger partial charge is 0.376 e. The Hall–Kier alpha value is -1.50. The van der Waals surface area contributed by atoms with Gasteiger partial charge in [-0.2, -0.15) is 0 Å². The second kappa shape index (κ2) is 4.40. The molecule has 0 fully saturated rings. The smallest absolute Gasteiger partial charge is 0.141 e. The minimum Gasteiger partial charge on any atom is -0.376 e. The molecule has 0 amide bonds. The quantitative estimate of drug-likeness (QED) is 0.586. The van der Waals surface area contributed by atoms with Crippen molar-refractivity contribution in [2.75, 3.05) is 0 Å². The normalized spacial score (nSPS) is 13.2. The zero-order valence-electron chi connectivity index (χ0n) is 10.4. The molecule has 1 heterocycles. The summed E-state index contributed by atoms with van der Waals surface area (Å²) in [4.78, 5) is 3.15. The Balaban J connectivity index is 2.36. The minimum atomic E-state index is -1.43. The number of H-pyrrole nitrogens is 1. The zero-order chi connectivity index (χ0) is 12.5. The van der Waals surface area contributed by atoms with Crippen molar-refractivity contribution < 1.29 is 5.11 Å². The highest BCUT2D eigenvalue weighted by molar-refractivity contribution is 6.83. The van der Waals surface area contributed by atoms with E-state index in [-0.39, 0.29) is 0 Å². The molecule has 0 aliphatic carbocycles. The average Bonchev–Trinajstić information content (AvgIpc) is 2.68. The topological polar surface area (TPSA) is 36.0 Å². The Labute approximate surface area is 103 Å². The first-order valence-corrected chi connectivity index (χ1v) is 9.24. The predicted octanol–water partition coefficient (Wildman–Crippen LogP) is 3.08. The van der Waals surface area contributed by atoms with Gasteiger partial charge in [-0.15, -0.1) is 5.54 Å². The van der Waals surface area contributed by atoms with E-state index in [2.05, 4.69) is 36.1 Å². The summed E-state index contributed by atoms with van der Waals surface area (Å²) in [6.07, 6.45) is 1.15. The SMILES string of the molecule is C[Si](C)(C)C#CC(O)c1c[nH]c2ccccc12. The number of fused-ring (bicyclic) bond motifs is 1. The zero-order valence-corrected chi connectivity index (χ0v) is 11.4. The van der Waals surface area contributed by atoms with Crippen LogP contribution in [0.5, 0.6) is 0 Å². The van der Waals surface area contributed by atoms with E-state index in [0.29, 0.717) is 0 Å². The molecule has 17 heavy (non-hydrogen) atoms. The van der Waals surface area contributed by atoms with Crippen LogP contribution in [0.2, 0.25) is 19.6 Å². The highest BCUT2D eigenvalue weighted by Crippen LogP contribution is 2.23. The second-order valence-corrected chi connectivity index (χ2v) is 9.96. The number of benzene rings is 1. The molecule has 0 saturated heterocycles. The third kappa shape index (κ3) is 2.79. The molecule has 88 valence electrons. The first-order valence-electron chi connectivity index (χ1n) is 5.74. The summed E-state index contributed by atoms with van der Waals surface area (Å²) in [5.74, 6) is 2.96. The lowest BCUT2D eigenvalue weighted by atomic mass is 10.1. The molecular formula is C14H17NOSi. The van der Waals surface area contributed by atoms with Gasteiger partial charge in [0, 0.05) is 22.7 Å². The van der Waals surface area contributed by atoms with Gasteiger partial charge < -0.3 is 10.1 Å². The van der Waals surface area contributed by atoms with Crippen molar-refractivity contribution in [2.45, 2.75) is 25.7 Å². The van der Waals surface area contributed by atoms with Crippen LogP contribution in [-0.4, -0.2) is 18.2 Å². The maximum atomic E-state index is 10.1. The van der Waals surface area contributed by atoms with Crippen LogP contribution in [0.15, 0.2) is 30.5 Å². The minimum absolute atomic E-state index is 0.696. The molecule has 0 saturated carbocycles. The number of hydrogen-bond donors (Lipinski definition) is 2. The molecule has 0 aliphatic heterocycles. The lowest BCUT2D eigenvalue weighted by molar-refractivity contribution is 0.240. The third-order valence-corrected chi connectivity index (χ3v) is 3.39. The molecule has 0 spiro atoms. The van der Waals surface area contributed by atoms with Gasteiger partial charge in [0.2, 0.25) is 0 Å². The summed E-state index contributed by atoms with van der Waals surface area (Å²) in [7, 11) is -1.43. The van der Waals surface area contributed by atoms with Gasteiger partial charge in [-0.05, 0) is 6.07 Å². The van der Waals surface area contributed by atoms with Crippen molar-refractivity contribution in [2.24, 2.45) is 0 Å². The monoisotopic (exact) mass is 243 g/mol. The molecule has 2 rings (SSSR count). The van der Waals surface area contributed by atoms with Crippen LogP contribution in [0.1, 0.15) is 11.7 Å². The molecule has 1 aromatic carbocycles. The molecule has 2 N–H and O–H groups in total. The van der Waals surface area contributed by atoms with Gasteiger partial charge >= 0.3 is 0 Å². The number of aliphatic hydroxyl groups is 1.